The van der Waals surface area contributed by atoms with Crippen LogP contribution >= 0.6 is 0 Å². The van der Waals surface area contributed by atoms with Crippen molar-refractivity contribution in [3.05, 3.63) is 138 Å². The summed E-state index contributed by atoms with van der Waals surface area (Å²) < 4.78 is 0. The number of benzene rings is 3. The average molecular weight is 600 g/mol. The summed E-state index contributed by atoms with van der Waals surface area (Å²) in [6.45, 7) is 17.3. The summed E-state index contributed by atoms with van der Waals surface area (Å²) in [5.41, 5.74) is 11.7. The highest BCUT2D eigenvalue weighted by molar-refractivity contribution is 5.78. The lowest BCUT2D eigenvalue weighted by atomic mass is 9.98. The van der Waals surface area contributed by atoms with E-state index in [1.165, 1.54) is 36.9 Å². The maximum absolute atomic E-state index is 4.19. The molecule has 2 N–H and O–H groups in total. The number of allylic oxidation sites excluding steroid dienone is 7. The Kier molecular flexibility index (Phi) is 12.9. The maximum atomic E-state index is 4.19. The first-order valence-electron chi connectivity index (χ1n) is 17.0. The van der Waals surface area contributed by atoms with Crippen LogP contribution in [0, 0.1) is 0 Å². The van der Waals surface area contributed by atoms with Gasteiger partial charge in [0.2, 0.25) is 0 Å². The molecule has 1 aliphatic rings. The Morgan fingerprint density at radius 3 is 1.91 bits per heavy atom. The van der Waals surface area contributed by atoms with E-state index in [-0.39, 0.29) is 0 Å². The molecule has 1 aliphatic carbocycles. The van der Waals surface area contributed by atoms with Gasteiger partial charge in [-0.3, -0.25) is 0 Å². The van der Waals surface area contributed by atoms with E-state index >= 15 is 0 Å². The van der Waals surface area contributed by atoms with Crippen LogP contribution in [0.15, 0.2) is 133 Å². The first-order chi connectivity index (χ1) is 21.9. The van der Waals surface area contributed by atoms with Gasteiger partial charge in [0.25, 0.3) is 0 Å². The van der Waals surface area contributed by atoms with E-state index in [4.69, 9.17) is 0 Å². The van der Waals surface area contributed by atoms with E-state index in [0.29, 0.717) is 5.92 Å². The third kappa shape index (κ3) is 10.1. The minimum Gasteiger partial charge on any atom is -0.359 e. The largest absolute Gasteiger partial charge is 0.359 e. The molecule has 0 aliphatic heterocycles. The van der Waals surface area contributed by atoms with Gasteiger partial charge in [-0.05, 0) is 129 Å². The van der Waals surface area contributed by atoms with E-state index in [2.05, 4.69) is 147 Å². The van der Waals surface area contributed by atoms with Crippen LogP contribution in [0.3, 0.4) is 0 Å². The number of anilines is 5. The highest BCUT2D eigenvalue weighted by atomic mass is 15.1. The molecule has 45 heavy (non-hydrogen) atoms. The molecule has 0 heterocycles. The van der Waals surface area contributed by atoms with Gasteiger partial charge < -0.3 is 15.5 Å². The average Bonchev–Trinajstić information content (AvgIpc) is 3.07. The molecule has 0 amide bonds. The first kappa shape index (κ1) is 33.6. The van der Waals surface area contributed by atoms with Crippen molar-refractivity contribution < 1.29 is 0 Å². The molecule has 1 unspecified atom stereocenters. The van der Waals surface area contributed by atoms with Crippen LogP contribution in [0.4, 0.5) is 28.4 Å². The fraction of sp³-hybridized carbons (Fsp3) is 0.333. The molecule has 0 saturated heterocycles. The second-order valence-corrected chi connectivity index (χ2v) is 12.3. The van der Waals surface area contributed by atoms with Crippen molar-refractivity contribution in [2.45, 2.75) is 91.4 Å². The zero-order valence-corrected chi connectivity index (χ0v) is 28.0. The number of rotatable bonds is 17. The standard InChI is InChI=1S/C42H53N3/c1-7-10-12-32(4)14-15-34(6)43-37-22-28-41(29-23-37)45(40-26-18-36(19-27-40)33(5)9-3)42-30-24-39(25-31-42)44-38-20-16-35(17-21-38)13-11-8-2/h14-16,18-20,22-31,33,43-44H,4,6-13,17,21H2,1-3,5H3/b15-14-. The van der Waals surface area contributed by atoms with E-state index in [0.717, 1.165) is 71.8 Å². The van der Waals surface area contributed by atoms with Crippen molar-refractivity contribution in [2.75, 3.05) is 15.5 Å². The van der Waals surface area contributed by atoms with Crippen LogP contribution in [0.2, 0.25) is 0 Å². The normalized spacial score (nSPS) is 13.6. The van der Waals surface area contributed by atoms with Crippen LogP contribution < -0.4 is 15.5 Å². The Labute approximate surface area is 273 Å². The van der Waals surface area contributed by atoms with Gasteiger partial charge in [-0.2, -0.15) is 0 Å². The first-order valence-corrected chi connectivity index (χ1v) is 17.0. The monoisotopic (exact) mass is 599 g/mol. The van der Waals surface area contributed by atoms with Gasteiger partial charge in [0.15, 0.2) is 0 Å². The number of nitrogens with zero attached hydrogens (tertiary/aromatic N) is 1. The summed E-state index contributed by atoms with van der Waals surface area (Å²) in [4.78, 5) is 2.32. The predicted octanol–water partition coefficient (Wildman–Crippen LogP) is 13.1. The Bertz CT molecular complexity index is 1470. The molecule has 3 nitrogen and oxygen atoms in total. The van der Waals surface area contributed by atoms with Crippen LogP contribution in [0.5, 0.6) is 0 Å². The maximum Gasteiger partial charge on any atom is 0.0463 e. The fourth-order valence-electron chi connectivity index (χ4n) is 5.54. The molecule has 1 atom stereocenters. The minimum absolute atomic E-state index is 0.542. The Hall–Kier alpha value is -4.24. The van der Waals surface area contributed by atoms with Crippen molar-refractivity contribution in [2.24, 2.45) is 0 Å². The molecule has 0 aromatic heterocycles. The quantitative estimate of drug-likeness (QED) is 0.151. The van der Waals surface area contributed by atoms with Gasteiger partial charge in [0, 0.05) is 39.8 Å². The fourth-order valence-corrected chi connectivity index (χ4v) is 5.54. The summed E-state index contributed by atoms with van der Waals surface area (Å²) in [5.74, 6) is 0.542. The Morgan fingerprint density at radius 2 is 1.36 bits per heavy atom. The summed E-state index contributed by atoms with van der Waals surface area (Å²) in [7, 11) is 0. The second kappa shape index (κ2) is 17.3. The third-order valence-corrected chi connectivity index (χ3v) is 8.65. The number of nitrogens with one attached hydrogen (secondary N) is 2. The molecule has 3 aromatic carbocycles. The van der Waals surface area contributed by atoms with Crippen LogP contribution in [-0.4, -0.2) is 0 Å². The summed E-state index contributed by atoms with van der Waals surface area (Å²) in [5, 5.41) is 7.08. The van der Waals surface area contributed by atoms with Crippen molar-refractivity contribution in [3.8, 4) is 0 Å². The molecule has 0 spiro atoms. The Balaban J connectivity index is 1.52. The summed E-state index contributed by atoms with van der Waals surface area (Å²) in [6, 6.07) is 26.4. The Morgan fingerprint density at radius 1 is 0.756 bits per heavy atom. The van der Waals surface area contributed by atoms with Gasteiger partial charge in [0.1, 0.15) is 0 Å². The number of unbranched alkanes of at least 4 members (excludes halogenated alkanes) is 2. The van der Waals surface area contributed by atoms with E-state index in [9.17, 15) is 0 Å². The highest BCUT2D eigenvalue weighted by Gasteiger charge is 2.14. The molecular formula is C42H53N3. The van der Waals surface area contributed by atoms with Crippen LogP contribution in [0.1, 0.15) is 97.0 Å². The molecule has 0 fully saturated rings. The highest BCUT2D eigenvalue weighted by Crippen LogP contribution is 2.37. The summed E-state index contributed by atoms with van der Waals surface area (Å²) in [6.07, 6.45) is 19.1. The van der Waals surface area contributed by atoms with E-state index in [1.807, 2.05) is 6.08 Å². The molecular weight excluding hydrogens is 546 g/mol. The van der Waals surface area contributed by atoms with Crippen LogP contribution in [0.25, 0.3) is 0 Å². The number of hydrogen-bond donors (Lipinski definition) is 2. The minimum atomic E-state index is 0.542. The SMILES string of the molecule is C=C(/C=C\C(=C)Nc1ccc(N(c2ccc(NC3=CC=C(CCCC)CC3)cc2)c2ccc(C(C)CC)cc2)cc1)CCCC. The van der Waals surface area contributed by atoms with Gasteiger partial charge in [-0.15, -0.1) is 0 Å². The molecule has 236 valence electrons. The lowest BCUT2D eigenvalue weighted by Crippen LogP contribution is -2.10. The zero-order valence-electron chi connectivity index (χ0n) is 28.0. The molecule has 0 saturated carbocycles. The zero-order chi connectivity index (χ0) is 32.0. The van der Waals surface area contributed by atoms with Crippen molar-refractivity contribution in [1.29, 1.82) is 0 Å². The molecule has 4 rings (SSSR count). The van der Waals surface area contributed by atoms with Gasteiger partial charge >= 0.3 is 0 Å². The van der Waals surface area contributed by atoms with E-state index < -0.39 is 0 Å². The molecule has 3 aromatic rings. The molecule has 0 radical (unpaired) electrons. The smallest absolute Gasteiger partial charge is 0.0463 e. The lowest BCUT2D eigenvalue weighted by Gasteiger charge is -2.26. The van der Waals surface area contributed by atoms with Gasteiger partial charge in [0.05, 0.1) is 0 Å². The van der Waals surface area contributed by atoms with Gasteiger partial charge in [-0.25, -0.2) is 0 Å². The van der Waals surface area contributed by atoms with Crippen molar-refractivity contribution in [1.82, 2.24) is 0 Å². The van der Waals surface area contributed by atoms with Crippen LogP contribution in [-0.2, 0) is 0 Å². The molecule has 0 bridgehead atoms. The van der Waals surface area contributed by atoms with Gasteiger partial charge in [-0.1, -0.05) is 89.1 Å². The second-order valence-electron chi connectivity index (χ2n) is 12.3. The lowest BCUT2D eigenvalue weighted by molar-refractivity contribution is 0.733. The van der Waals surface area contributed by atoms with Crippen molar-refractivity contribution >= 4 is 28.4 Å². The molecule has 3 heteroatoms. The summed E-state index contributed by atoms with van der Waals surface area (Å²) >= 11 is 0. The third-order valence-electron chi connectivity index (χ3n) is 8.65. The number of hydrogen-bond acceptors (Lipinski definition) is 3. The van der Waals surface area contributed by atoms with E-state index in [1.54, 1.807) is 5.57 Å². The van der Waals surface area contributed by atoms with Crippen molar-refractivity contribution in [3.63, 3.8) is 0 Å². The predicted molar refractivity (Wildman–Crippen MR) is 199 cm³/mol. The topological polar surface area (TPSA) is 27.3 Å².